The highest BCUT2D eigenvalue weighted by atomic mass is 16.6. The molecule has 0 aliphatic rings. The summed E-state index contributed by atoms with van der Waals surface area (Å²) in [5, 5.41) is 0. The highest BCUT2D eigenvalue weighted by Gasteiger charge is 2.04. The Morgan fingerprint density at radius 2 is 0.153 bits per heavy atom. The van der Waals surface area contributed by atoms with Crippen molar-refractivity contribution >= 4 is 0 Å². The third-order valence-electron chi connectivity index (χ3n) is 13.7. The van der Waals surface area contributed by atoms with Crippen LogP contribution in [0.4, 0.5) is 0 Å². The van der Waals surface area contributed by atoms with Crippen molar-refractivity contribution in [2.24, 2.45) is 0 Å². The third-order valence-corrected chi connectivity index (χ3v) is 13.7. The van der Waals surface area contributed by atoms with Gasteiger partial charge < -0.3 is 171 Å². The maximum absolute atomic E-state index is 5.55. The van der Waals surface area contributed by atoms with Crippen LogP contribution in [-0.4, -0.2) is 476 Å². The Hall–Kier alpha value is -1.44. The maximum Gasteiger partial charge on any atom is 0.0701 e. The summed E-state index contributed by atoms with van der Waals surface area (Å²) in [6, 6.07) is 0. The van der Waals surface area contributed by atoms with E-state index in [9.17, 15) is 0 Å². The Morgan fingerprint density at radius 3 is 0.216 bits per heavy atom. The second-order valence-corrected chi connectivity index (χ2v) is 22.8. The van der Waals surface area contributed by atoms with Crippen molar-refractivity contribution in [3.63, 3.8) is 0 Å². The van der Waals surface area contributed by atoms with Crippen LogP contribution in [-0.2, 0) is 171 Å². The van der Waals surface area contributed by atoms with Gasteiger partial charge in [0, 0.05) is 13.7 Å². The first kappa shape index (κ1) is 110. The minimum Gasteiger partial charge on any atom is -0.382 e. The molecule has 0 bridgehead atoms. The predicted molar refractivity (Wildman–Crippen MR) is 405 cm³/mol. The number of unbranched alkanes of at least 4 members (excludes halogenated alkanes) is 1. The maximum atomic E-state index is 5.55. The van der Waals surface area contributed by atoms with E-state index < -0.39 is 0 Å². The molecule has 0 fully saturated rings. The molecule has 36 nitrogen and oxygen atoms in total. The highest BCUT2D eigenvalue weighted by Crippen LogP contribution is 1.95. The number of rotatable bonds is 108. The van der Waals surface area contributed by atoms with Crippen molar-refractivity contribution in [3.05, 3.63) is 0 Å². The summed E-state index contributed by atoms with van der Waals surface area (Å²) in [4.78, 5) is 0. The van der Waals surface area contributed by atoms with E-state index in [0.29, 0.717) is 462 Å². The van der Waals surface area contributed by atoms with Crippen LogP contribution in [0, 0.1) is 0 Å². The first-order chi connectivity index (χ1) is 55.4. The van der Waals surface area contributed by atoms with Crippen molar-refractivity contribution in [2.75, 3.05) is 476 Å². The third kappa shape index (κ3) is 109. The van der Waals surface area contributed by atoms with Gasteiger partial charge in [-0.1, -0.05) is 13.3 Å². The van der Waals surface area contributed by atoms with Gasteiger partial charge in [-0.3, -0.25) is 0 Å². The zero-order valence-electron chi connectivity index (χ0n) is 68.3. The molecule has 0 rings (SSSR count). The fourth-order valence-electron chi connectivity index (χ4n) is 7.97. The molecule has 0 spiro atoms. The first-order valence-corrected chi connectivity index (χ1v) is 40.1. The van der Waals surface area contributed by atoms with Gasteiger partial charge in [-0.25, -0.2) is 0 Å². The van der Waals surface area contributed by atoms with Crippen molar-refractivity contribution in [2.45, 2.75) is 19.8 Å². The van der Waals surface area contributed by atoms with Gasteiger partial charge >= 0.3 is 0 Å². The molecule has 0 saturated heterocycles. The summed E-state index contributed by atoms with van der Waals surface area (Å²) in [6.45, 7) is 37.8. The van der Waals surface area contributed by atoms with E-state index in [-0.39, 0.29) is 0 Å². The van der Waals surface area contributed by atoms with Crippen LogP contribution >= 0.6 is 0 Å². The molecule has 0 aromatic rings. The molecule has 0 heterocycles. The Balaban J connectivity index is 3.10. The summed E-state index contributed by atoms with van der Waals surface area (Å²) in [5.41, 5.74) is 0. The summed E-state index contributed by atoms with van der Waals surface area (Å²) in [7, 11) is 1.64. The van der Waals surface area contributed by atoms with Gasteiger partial charge in [0.15, 0.2) is 0 Å². The van der Waals surface area contributed by atoms with Gasteiger partial charge in [0.2, 0.25) is 0 Å². The van der Waals surface area contributed by atoms with E-state index in [1.165, 1.54) is 0 Å². The predicted octanol–water partition coefficient (Wildman–Crippen LogP) is 2.01. The fraction of sp³-hybridized carbons (Fsp3) is 1.00. The summed E-state index contributed by atoms with van der Waals surface area (Å²) >= 11 is 0. The number of ether oxygens (including phenoxy) is 36. The second kappa shape index (κ2) is 109. The molecule has 0 N–H and O–H groups in total. The van der Waals surface area contributed by atoms with Crippen LogP contribution in [0.2, 0.25) is 0 Å². The summed E-state index contributed by atoms with van der Waals surface area (Å²) < 4.78 is 198. The van der Waals surface area contributed by atoms with Crippen LogP contribution < -0.4 is 0 Å². The van der Waals surface area contributed by atoms with Crippen LogP contribution in [0.15, 0.2) is 0 Å². The quantitative estimate of drug-likeness (QED) is 0.0786. The lowest BCUT2D eigenvalue weighted by Gasteiger charge is -2.09. The average molecular weight is 1630 g/mol. The largest absolute Gasteiger partial charge is 0.382 e. The molecule has 0 aliphatic carbocycles. The van der Waals surface area contributed by atoms with E-state index >= 15 is 0 Å². The van der Waals surface area contributed by atoms with Crippen LogP contribution in [0.5, 0.6) is 0 Å². The van der Waals surface area contributed by atoms with Crippen molar-refractivity contribution in [3.8, 4) is 0 Å². The van der Waals surface area contributed by atoms with E-state index in [1.807, 2.05) is 0 Å². The lowest BCUT2D eigenvalue weighted by molar-refractivity contribution is -0.0327. The monoisotopic (exact) mass is 1630 g/mol. The molecule has 0 radical (unpaired) electrons. The van der Waals surface area contributed by atoms with Gasteiger partial charge in [0.25, 0.3) is 0 Å². The van der Waals surface area contributed by atoms with Crippen molar-refractivity contribution in [1.29, 1.82) is 0 Å². The van der Waals surface area contributed by atoms with Gasteiger partial charge in [-0.05, 0) is 6.42 Å². The van der Waals surface area contributed by atoms with Gasteiger partial charge in [0.1, 0.15) is 0 Å². The molecule has 0 aromatic carbocycles. The van der Waals surface area contributed by atoms with E-state index in [4.69, 9.17) is 171 Å². The summed E-state index contributed by atoms with van der Waals surface area (Å²) in [6.07, 6.45) is 2.22. The first-order valence-electron chi connectivity index (χ1n) is 40.1. The Bertz CT molecular complexity index is 1440. The van der Waals surface area contributed by atoms with Crippen LogP contribution in [0.1, 0.15) is 19.8 Å². The zero-order valence-corrected chi connectivity index (χ0v) is 68.3. The molecule has 0 amide bonds. The topological polar surface area (TPSA) is 332 Å². The molecule has 0 aliphatic heterocycles. The smallest absolute Gasteiger partial charge is 0.0701 e. The normalized spacial score (nSPS) is 11.8. The zero-order chi connectivity index (χ0) is 79.1. The number of hydrogen-bond acceptors (Lipinski definition) is 36. The molecule has 0 unspecified atom stereocenters. The Kier molecular flexibility index (Phi) is 107. The lowest BCUT2D eigenvalue weighted by atomic mass is 10.4. The molecule has 0 atom stereocenters. The second-order valence-electron chi connectivity index (χ2n) is 22.8. The van der Waals surface area contributed by atoms with Crippen molar-refractivity contribution in [1.82, 2.24) is 0 Å². The van der Waals surface area contributed by atoms with E-state index in [2.05, 4.69) is 6.92 Å². The average Bonchev–Trinajstić information content (AvgIpc) is 3.81. The molecule has 0 aromatic heterocycles. The minimum absolute atomic E-state index is 0.478. The van der Waals surface area contributed by atoms with Crippen molar-refractivity contribution < 1.29 is 171 Å². The molecular formula is C75H152O36. The molecule has 0 saturated carbocycles. The van der Waals surface area contributed by atoms with Gasteiger partial charge in [-0.2, -0.15) is 0 Å². The molecule has 111 heavy (non-hydrogen) atoms. The van der Waals surface area contributed by atoms with Crippen LogP contribution in [0.3, 0.4) is 0 Å². The van der Waals surface area contributed by atoms with Gasteiger partial charge in [0.05, 0.1) is 462 Å². The standard InChI is InChI=1S/C75H152O36/c1-3-4-5-77-8-9-79-12-13-81-16-17-83-20-21-85-24-25-87-28-29-89-32-33-91-36-37-93-40-41-95-44-45-97-48-49-99-52-53-101-56-57-103-60-61-105-64-65-107-68-69-109-72-73-111-75-74-110-71-70-108-67-66-106-63-62-104-59-58-102-55-54-100-51-50-98-47-46-96-43-42-94-39-38-92-35-34-90-31-30-88-27-26-86-23-22-84-19-18-82-15-14-80-11-10-78-7-6-76-2/h3-75H2,1-2H3. The van der Waals surface area contributed by atoms with E-state index in [1.54, 1.807) is 7.11 Å². The molecule has 36 heteroatoms. The summed E-state index contributed by atoms with van der Waals surface area (Å²) in [5.74, 6) is 0. The lowest BCUT2D eigenvalue weighted by Crippen LogP contribution is -2.16. The van der Waals surface area contributed by atoms with Crippen LogP contribution in [0.25, 0.3) is 0 Å². The van der Waals surface area contributed by atoms with Gasteiger partial charge in [-0.15, -0.1) is 0 Å². The Labute approximate surface area is 664 Å². The molecular weight excluding hydrogens is 1480 g/mol. The van der Waals surface area contributed by atoms with E-state index in [0.717, 1.165) is 19.4 Å². The molecule has 668 valence electrons. The highest BCUT2D eigenvalue weighted by molar-refractivity contribution is 4.46. The number of hydrogen-bond donors (Lipinski definition) is 0. The Morgan fingerprint density at radius 1 is 0.0901 bits per heavy atom. The number of methoxy groups -OCH3 is 1. The fourth-order valence-corrected chi connectivity index (χ4v) is 7.97. The minimum atomic E-state index is 0.478. The SMILES string of the molecule is CCCCOCCOCCOCCOCCOCCOCCOCCOCCOCCOCCOCCOCCOCCOCCOCCOCCOCCOCCOCCOCCOCCOCCOCCOCCOCCOCCOCCOCCOCCOCCOCCOCCOCCOCCOCCOC.